The second-order valence-electron chi connectivity index (χ2n) is 11.1. The number of benzene rings is 2. The first kappa shape index (κ1) is 26.0. The minimum Gasteiger partial charge on any atom is -0.0895 e. The van der Waals surface area contributed by atoms with Gasteiger partial charge in [-0.1, -0.05) is 107 Å². The van der Waals surface area contributed by atoms with Crippen LogP contribution in [0.5, 0.6) is 0 Å². The third-order valence-corrected chi connectivity index (χ3v) is 7.46. The number of hydrogen-bond acceptors (Lipinski definition) is 1. The van der Waals surface area contributed by atoms with Gasteiger partial charge in [-0.15, -0.1) is 0 Å². The van der Waals surface area contributed by atoms with Crippen molar-refractivity contribution in [2.24, 2.45) is 0 Å². The van der Waals surface area contributed by atoms with Crippen LogP contribution in [0.25, 0.3) is 0 Å². The van der Waals surface area contributed by atoms with E-state index in [1.807, 2.05) is 11.8 Å². The van der Waals surface area contributed by atoms with Gasteiger partial charge in [0.25, 0.3) is 0 Å². The lowest BCUT2D eigenvalue weighted by Gasteiger charge is -2.26. The Labute approximate surface area is 197 Å². The van der Waals surface area contributed by atoms with E-state index in [4.69, 9.17) is 0 Å². The molecule has 172 valence electrons. The Morgan fingerprint density at radius 3 is 0.968 bits per heavy atom. The maximum atomic E-state index is 2.48. The van der Waals surface area contributed by atoms with Gasteiger partial charge in [-0.3, -0.25) is 0 Å². The quantitative estimate of drug-likeness (QED) is 0.395. The molecule has 0 unspecified atom stereocenters. The van der Waals surface area contributed by atoms with Crippen LogP contribution in [0.3, 0.4) is 0 Å². The van der Waals surface area contributed by atoms with Crippen LogP contribution in [0.2, 0.25) is 0 Å². The van der Waals surface area contributed by atoms with Gasteiger partial charge in [-0.2, -0.15) is 0 Å². The third kappa shape index (κ3) is 5.98. The van der Waals surface area contributed by atoms with Gasteiger partial charge in [0.2, 0.25) is 0 Å². The summed E-state index contributed by atoms with van der Waals surface area (Å²) in [6.45, 7) is 28.1. The summed E-state index contributed by atoms with van der Waals surface area (Å²) in [4.78, 5) is 2.92. The second-order valence-corrected chi connectivity index (χ2v) is 12.2. The van der Waals surface area contributed by atoms with Crippen LogP contribution >= 0.6 is 11.8 Å². The zero-order valence-corrected chi connectivity index (χ0v) is 23.0. The van der Waals surface area contributed by atoms with Gasteiger partial charge < -0.3 is 0 Å². The fraction of sp³-hybridized carbons (Fsp3) is 0.600. The minimum atomic E-state index is 0.515. The van der Waals surface area contributed by atoms with Crippen molar-refractivity contribution < 1.29 is 0 Å². The molecule has 2 rings (SSSR count). The first-order chi connectivity index (χ1) is 14.3. The van der Waals surface area contributed by atoms with E-state index >= 15 is 0 Å². The van der Waals surface area contributed by atoms with Crippen LogP contribution in [0.1, 0.15) is 152 Å². The van der Waals surface area contributed by atoms with E-state index in [9.17, 15) is 0 Å². The summed E-state index contributed by atoms with van der Waals surface area (Å²) >= 11 is 2.02. The summed E-state index contributed by atoms with van der Waals surface area (Å²) in [7, 11) is 0. The van der Waals surface area contributed by atoms with Crippen molar-refractivity contribution in [2.45, 2.75) is 128 Å². The van der Waals surface area contributed by atoms with Crippen molar-refractivity contribution >= 4 is 11.8 Å². The predicted octanol–water partition coefficient (Wildman–Crippen LogP) is 10.6. The summed E-state index contributed by atoms with van der Waals surface area (Å²) in [6.07, 6.45) is 0. The van der Waals surface area contributed by atoms with Crippen LogP contribution in [0.15, 0.2) is 34.1 Å². The summed E-state index contributed by atoms with van der Waals surface area (Å²) in [6, 6.07) is 9.92. The SMILES string of the molecule is CC(C)c1cc(Sc2cc(C(C)C)cc(C(C)C)c2C(C)C)c(C(C)C)c(C(C)C)c1. The fourth-order valence-corrected chi connectivity index (χ4v) is 6.04. The van der Waals surface area contributed by atoms with Gasteiger partial charge in [0.15, 0.2) is 0 Å². The highest BCUT2D eigenvalue weighted by atomic mass is 32.2. The van der Waals surface area contributed by atoms with Crippen molar-refractivity contribution in [1.82, 2.24) is 0 Å². The molecule has 31 heavy (non-hydrogen) atoms. The van der Waals surface area contributed by atoms with Crippen molar-refractivity contribution in [2.75, 3.05) is 0 Å². The van der Waals surface area contributed by atoms with Crippen LogP contribution in [0, 0.1) is 0 Å². The fourth-order valence-electron chi connectivity index (χ4n) is 4.49. The average molecular weight is 439 g/mol. The highest BCUT2D eigenvalue weighted by Gasteiger charge is 2.22. The Morgan fingerprint density at radius 2 is 0.742 bits per heavy atom. The molecule has 0 saturated heterocycles. The molecule has 0 aliphatic heterocycles. The first-order valence-corrected chi connectivity index (χ1v) is 13.2. The standard InChI is InChI=1S/C30H46S/c1-17(2)23-13-25(19(5)6)29(21(9)10)27(15-23)31-28-16-24(18(3)4)14-26(20(7)8)30(28)22(11)12/h13-22H,1-12H3. The summed E-state index contributed by atoms with van der Waals surface area (Å²) < 4.78 is 0. The highest BCUT2D eigenvalue weighted by Crippen LogP contribution is 2.45. The van der Waals surface area contributed by atoms with Gasteiger partial charge >= 0.3 is 0 Å². The smallest absolute Gasteiger partial charge is 0.0162 e. The van der Waals surface area contributed by atoms with E-state index in [2.05, 4.69) is 107 Å². The molecule has 0 radical (unpaired) electrons. The number of rotatable bonds is 8. The summed E-state index contributed by atoms with van der Waals surface area (Å²) in [5, 5.41) is 0. The molecule has 0 aliphatic rings. The Kier molecular flexibility index (Phi) is 8.91. The van der Waals surface area contributed by atoms with Gasteiger partial charge in [0, 0.05) is 9.79 Å². The molecule has 0 atom stereocenters. The summed E-state index contributed by atoms with van der Waals surface area (Å²) in [5.74, 6) is 3.18. The van der Waals surface area contributed by atoms with Crippen molar-refractivity contribution in [3.05, 3.63) is 57.6 Å². The molecular weight excluding hydrogens is 392 g/mol. The molecule has 0 fully saturated rings. The molecule has 1 heteroatoms. The van der Waals surface area contributed by atoms with Gasteiger partial charge in [-0.05, 0) is 81.0 Å². The summed E-state index contributed by atoms with van der Waals surface area (Å²) in [5.41, 5.74) is 9.06. The maximum Gasteiger partial charge on any atom is 0.0162 e. The van der Waals surface area contributed by atoms with E-state index in [1.165, 1.54) is 32.0 Å². The molecule has 0 amide bonds. The predicted molar refractivity (Wildman–Crippen MR) is 142 cm³/mol. The molecule has 2 aromatic rings. The molecule has 0 saturated carbocycles. The molecule has 0 nitrogen and oxygen atoms in total. The molecule has 0 aromatic heterocycles. The molecular formula is C30H46S. The Morgan fingerprint density at radius 1 is 0.419 bits per heavy atom. The molecule has 0 heterocycles. The number of hydrogen-bond donors (Lipinski definition) is 0. The normalized spacial score (nSPS) is 12.5. The largest absolute Gasteiger partial charge is 0.0895 e. The lowest BCUT2D eigenvalue weighted by molar-refractivity contribution is 0.753. The van der Waals surface area contributed by atoms with E-state index in [0.29, 0.717) is 35.5 Å². The zero-order valence-electron chi connectivity index (χ0n) is 22.2. The highest BCUT2D eigenvalue weighted by molar-refractivity contribution is 7.99. The maximum absolute atomic E-state index is 2.48. The Hall–Kier alpha value is -1.21. The first-order valence-electron chi connectivity index (χ1n) is 12.4. The molecule has 0 bridgehead atoms. The monoisotopic (exact) mass is 438 g/mol. The zero-order chi connectivity index (χ0) is 23.6. The van der Waals surface area contributed by atoms with E-state index < -0.39 is 0 Å². The van der Waals surface area contributed by atoms with Gasteiger partial charge in [0.05, 0.1) is 0 Å². The Bertz CT molecular complexity index is 808. The van der Waals surface area contributed by atoms with Crippen LogP contribution in [-0.2, 0) is 0 Å². The molecule has 0 spiro atoms. The molecule has 2 aromatic carbocycles. The Balaban J connectivity index is 2.82. The average Bonchev–Trinajstić information content (AvgIpc) is 2.65. The van der Waals surface area contributed by atoms with Crippen molar-refractivity contribution in [3.8, 4) is 0 Å². The third-order valence-electron chi connectivity index (χ3n) is 6.34. The topological polar surface area (TPSA) is 0 Å². The van der Waals surface area contributed by atoms with Crippen molar-refractivity contribution in [3.63, 3.8) is 0 Å². The second kappa shape index (κ2) is 10.6. The lowest BCUT2D eigenvalue weighted by atomic mass is 9.87. The van der Waals surface area contributed by atoms with Crippen molar-refractivity contribution in [1.29, 1.82) is 0 Å². The van der Waals surface area contributed by atoms with Crippen LogP contribution in [-0.4, -0.2) is 0 Å². The van der Waals surface area contributed by atoms with Gasteiger partial charge in [-0.25, -0.2) is 0 Å². The lowest BCUT2D eigenvalue weighted by Crippen LogP contribution is -2.06. The van der Waals surface area contributed by atoms with Crippen LogP contribution in [0.4, 0.5) is 0 Å². The van der Waals surface area contributed by atoms with Crippen LogP contribution < -0.4 is 0 Å². The minimum absolute atomic E-state index is 0.515. The van der Waals surface area contributed by atoms with E-state index in [1.54, 1.807) is 11.1 Å². The van der Waals surface area contributed by atoms with Gasteiger partial charge in [0.1, 0.15) is 0 Å². The molecule has 0 N–H and O–H groups in total. The van der Waals surface area contributed by atoms with E-state index in [0.717, 1.165) is 0 Å². The van der Waals surface area contributed by atoms with E-state index in [-0.39, 0.29) is 0 Å². The molecule has 0 aliphatic carbocycles.